The molecule has 1 aromatic rings. The van der Waals surface area contributed by atoms with E-state index in [0.717, 1.165) is 5.56 Å². The molecule has 0 radical (unpaired) electrons. The first-order valence-electron chi connectivity index (χ1n) is 3.90. The molecule has 0 spiro atoms. The van der Waals surface area contributed by atoms with Crippen molar-refractivity contribution in [3.63, 3.8) is 0 Å². The van der Waals surface area contributed by atoms with Crippen molar-refractivity contribution in [3.8, 4) is 5.75 Å². The summed E-state index contributed by atoms with van der Waals surface area (Å²) in [5, 5.41) is 0. The number of nitrogens with two attached hydrogens (primary N) is 1. The zero-order chi connectivity index (χ0) is 10.6. The number of rotatable bonds is 4. The molecule has 0 bridgehead atoms. The van der Waals surface area contributed by atoms with Gasteiger partial charge in [0.2, 0.25) is 0 Å². The molecule has 5 heteroatoms. The summed E-state index contributed by atoms with van der Waals surface area (Å²) < 4.78 is 27.9. The standard InChI is InChI=1S/C9H9F2NOS/c10-9(11)13-7-3-1-2-6(4-7)5-8(12)14/h1-4,9H,5H2,(H2,12,14). The van der Waals surface area contributed by atoms with E-state index in [9.17, 15) is 8.78 Å². The van der Waals surface area contributed by atoms with Crippen LogP contribution in [0.2, 0.25) is 0 Å². The van der Waals surface area contributed by atoms with Crippen LogP contribution < -0.4 is 10.5 Å². The maximum absolute atomic E-state index is 11.8. The fraction of sp³-hybridized carbons (Fsp3) is 0.222. The third-order valence-corrected chi connectivity index (χ3v) is 1.65. The molecule has 1 aromatic carbocycles. The summed E-state index contributed by atoms with van der Waals surface area (Å²) in [5.74, 6) is 0.119. The Morgan fingerprint density at radius 2 is 2.21 bits per heavy atom. The number of ether oxygens (including phenoxy) is 1. The second kappa shape index (κ2) is 4.85. The number of benzene rings is 1. The predicted octanol–water partition coefficient (Wildman–Crippen LogP) is 2.12. The number of halogens is 2. The minimum atomic E-state index is -2.81. The van der Waals surface area contributed by atoms with Crippen LogP contribution in [-0.4, -0.2) is 11.6 Å². The molecule has 0 aromatic heterocycles. The van der Waals surface area contributed by atoms with Crippen LogP contribution in [0.5, 0.6) is 5.75 Å². The summed E-state index contributed by atoms with van der Waals surface area (Å²) in [6.07, 6.45) is 0.385. The van der Waals surface area contributed by atoms with Gasteiger partial charge < -0.3 is 10.5 Å². The first-order chi connectivity index (χ1) is 6.58. The highest BCUT2D eigenvalue weighted by atomic mass is 32.1. The highest BCUT2D eigenvalue weighted by Gasteiger charge is 2.04. The Labute approximate surface area is 85.7 Å². The van der Waals surface area contributed by atoms with Gasteiger partial charge in [0.25, 0.3) is 0 Å². The molecular formula is C9H9F2NOS. The Bertz CT molecular complexity index is 330. The van der Waals surface area contributed by atoms with Crippen molar-refractivity contribution in [2.24, 2.45) is 5.73 Å². The van der Waals surface area contributed by atoms with Crippen LogP contribution in [0.15, 0.2) is 24.3 Å². The van der Waals surface area contributed by atoms with Gasteiger partial charge in [-0.3, -0.25) is 0 Å². The molecule has 0 amide bonds. The topological polar surface area (TPSA) is 35.2 Å². The van der Waals surface area contributed by atoms with Crippen molar-refractivity contribution in [2.75, 3.05) is 0 Å². The van der Waals surface area contributed by atoms with Gasteiger partial charge in [0.1, 0.15) is 5.75 Å². The molecule has 0 saturated heterocycles. The van der Waals surface area contributed by atoms with E-state index in [-0.39, 0.29) is 5.75 Å². The second-order valence-corrected chi connectivity index (χ2v) is 3.19. The molecule has 76 valence electrons. The van der Waals surface area contributed by atoms with Crippen molar-refractivity contribution in [1.29, 1.82) is 0 Å². The third kappa shape index (κ3) is 3.66. The lowest BCUT2D eigenvalue weighted by Gasteiger charge is -2.05. The van der Waals surface area contributed by atoms with E-state index in [1.54, 1.807) is 12.1 Å². The molecule has 1 rings (SSSR count). The lowest BCUT2D eigenvalue weighted by atomic mass is 10.1. The first-order valence-corrected chi connectivity index (χ1v) is 4.31. The highest BCUT2D eigenvalue weighted by Crippen LogP contribution is 2.16. The number of hydrogen-bond donors (Lipinski definition) is 1. The van der Waals surface area contributed by atoms with Crippen LogP contribution in [-0.2, 0) is 6.42 Å². The second-order valence-electron chi connectivity index (χ2n) is 2.67. The van der Waals surface area contributed by atoms with E-state index >= 15 is 0 Å². The van der Waals surface area contributed by atoms with Gasteiger partial charge in [0, 0.05) is 6.42 Å². The SMILES string of the molecule is NC(=S)Cc1cccc(OC(F)F)c1. The van der Waals surface area contributed by atoms with Crippen molar-refractivity contribution in [2.45, 2.75) is 13.0 Å². The summed E-state index contributed by atoms with van der Waals surface area (Å²) in [4.78, 5) is 0.319. The molecule has 0 fully saturated rings. The average molecular weight is 217 g/mol. The van der Waals surface area contributed by atoms with E-state index in [1.165, 1.54) is 12.1 Å². The third-order valence-electron chi connectivity index (χ3n) is 1.50. The van der Waals surface area contributed by atoms with E-state index in [4.69, 9.17) is 18.0 Å². The van der Waals surface area contributed by atoms with Gasteiger partial charge in [-0.2, -0.15) is 8.78 Å². The van der Waals surface area contributed by atoms with Gasteiger partial charge in [-0.1, -0.05) is 24.4 Å². The summed E-state index contributed by atoms with van der Waals surface area (Å²) in [6, 6.07) is 6.31. The average Bonchev–Trinajstić information content (AvgIpc) is 2.01. The van der Waals surface area contributed by atoms with Crippen LogP contribution in [0, 0.1) is 0 Å². The summed E-state index contributed by atoms with van der Waals surface area (Å²) in [7, 11) is 0. The van der Waals surface area contributed by atoms with Crippen LogP contribution in [0.4, 0.5) is 8.78 Å². The summed E-state index contributed by atoms with van der Waals surface area (Å²) in [5.41, 5.74) is 6.08. The molecule has 0 aliphatic heterocycles. The normalized spacial score (nSPS) is 10.2. The van der Waals surface area contributed by atoms with Gasteiger partial charge in [0.15, 0.2) is 0 Å². The molecule has 0 unspecified atom stereocenters. The van der Waals surface area contributed by atoms with Gasteiger partial charge >= 0.3 is 6.61 Å². The van der Waals surface area contributed by atoms with Crippen LogP contribution in [0.25, 0.3) is 0 Å². The van der Waals surface area contributed by atoms with E-state index in [2.05, 4.69) is 4.74 Å². The molecule has 2 N–H and O–H groups in total. The van der Waals surface area contributed by atoms with Crippen molar-refractivity contribution in [1.82, 2.24) is 0 Å². The fourth-order valence-electron chi connectivity index (χ4n) is 1.03. The quantitative estimate of drug-likeness (QED) is 0.784. The van der Waals surface area contributed by atoms with E-state index < -0.39 is 6.61 Å². The molecule has 0 saturated carbocycles. The van der Waals surface area contributed by atoms with E-state index in [1.807, 2.05) is 0 Å². The Morgan fingerprint density at radius 1 is 1.50 bits per heavy atom. The minimum Gasteiger partial charge on any atom is -0.435 e. The predicted molar refractivity (Wildman–Crippen MR) is 53.6 cm³/mol. The Morgan fingerprint density at radius 3 is 2.79 bits per heavy atom. The van der Waals surface area contributed by atoms with Crippen molar-refractivity contribution < 1.29 is 13.5 Å². The molecule has 0 aliphatic rings. The van der Waals surface area contributed by atoms with Crippen molar-refractivity contribution in [3.05, 3.63) is 29.8 Å². The van der Waals surface area contributed by atoms with Gasteiger partial charge in [0.05, 0.1) is 4.99 Å². The lowest BCUT2D eigenvalue weighted by Crippen LogP contribution is -2.11. The van der Waals surface area contributed by atoms with Gasteiger partial charge in [-0.05, 0) is 17.7 Å². The molecule has 0 heterocycles. The number of alkyl halides is 2. The Kier molecular flexibility index (Phi) is 3.76. The molecule has 0 aliphatic carbocycles. The van der Waals surface area contributed by atoms with Crippen molar-refractivity contribution >= 4 is 17.2 Å². The maximum atomic E-state index is 11.8. The monoisotopic (exact) mass is 217 g/mol. The first kappa shape index (κ1) is 10.8. The summed E-state index contributed by atoms with van der Waals surface area (Å²) in [6.45, 7) is -2.81. The zero-order valence-corrected chi connectivity index (χ0v) is 8.06. The smallest absolute Gasteiger partial charge is 0.387 e. The lowest BCUT2D eigenvalue weighted by molar-refractivity contribution is -0.0498. The Balaban J connectivity index is 2.73. The van der Waals surface area contributed by atoms with Crippen LogP contribution >= 0.6 is 12.2 Å². The maximum Gasteiger partial charge on any atom is 0.387 e. The highest BCUT2D eigenvalue weighted by molar-refractivity contribution is 7.80. The van der Waals surface area contributed by atoms with Gasteiger partial charge in [-0.25, -0.2) is 0 Å². The van der Waals surface area contributed by atoms with Gasteiger partial charge in [-0.15, -0.1) is 0 Å². The van der Waals surface area contributed by atoms with Crippen LogP contribution in [0.3, 0.4) is 0 Å². The minimum absolute atomic E-state index is 0.119. The molecular weight excluding hydrogens is 208 g/mol. The largest absolute Gasteiger partial charge is 0.435 e. The fourth-order valence-corrected chi connectivity index (χ4v) is 1.20. The molecule has 0 atom stereocenters. The number of thiocarbonyl (C=S) groups is 1. The van der Waals surface area contributed by atoms with Crippen LogP contribution in [0.1, 0.15) is 5.56 Å². The Hall–Kier alpha value is -1.23. The zero-order valence-electron chi connectivity index (χ0n) is 7.24. The summed E-state index contributed by atoms with van der Waals surface area (Å²) >= 11 is 4.70. The van der Waals surface area contributed by atoms with E-state index in [0.29, 0.717) is 11.4 Å². The molecule has 14 heavy (non-hydrogen) atoms. The number of hydrogen-bond acceptors (Lipinski definition) is 2. The molecule has 2 nitrogen and oxygen atoms in total.